The van der Waals surface area contributed by atoms with Crippen LogP contribution in [0.2, 0.25) is 0 Å². The number of aromatic nitrogens is 2. The molecule has 0 amide bonds. The summed E-state index contributed by atoms with van der Waals surface area (Å²) in [6.45, 7) is 5.45. The van der Waals surface area contributed by atoms with Crippen molar-refractivity contribution in [2.75, 3.05) is 0 Å². The van der Waals surface area contributed by atoms with Gasteiger partial charge in [0.25, 0.3) is 0 Å². The van der Waals surface area contributed by atoms with Crippen molar-refractivity contribution in [3.05, 3.63) is 33.5 Å². The molecule has 2 heterocycles. The second-order valence-electron chi connectivity index (χ2n) is 6.03. The van der Waals surface area contributed by atoms with Gasteiger partial charge in [0.15, 0.2) is 0 Å². The van der Waals surface area contributed by atoms with E-state index in [1.807, 2.05) is 12.4 Å². The Morgan fingerprint density at radius 3 is 2.86 bits per heavy atom. The normalized spacial score (nSPS) is 14.9. The highest BCUT2D eigenvalue weighted by atomic mass is 79.9. The van der Waals surface area contributed by atoms with Crippen LogP contribution in [0, 0.1) is 5.92 Å². The number of nitrogens with zero attached hydrogens (tertiary/aromatic N) is 2. The lowest BCUT2D eigenvalue weighted by molar-refractivity contribution is 0.624. The van der Waals surface area contributed by atoms with Crippen LogP contribution in [0.4, 0.5) is 0 Å². The van der Waals surface area contributed by atoms with Gasteiger partial charge >= 0.3 is 0 Å². The van der Waals surface area contributed by atoms with Crippen molar-refractivity contribution < 1.29 is 0 Å². The molecule has 1 aliphatic carbocycles. The molecule has 21 heavy (non-hydrogen) atoms. The van der Waals surface area contributed by atoms with Gasteiger partial charge in [0.1, 0.15) is 5.01 Å². The van der Waals surface area contributed by atoms with Crippen LogP contribution in [0.15, 0.2) is 22.9 Å². The molecular weight excluding hydrogens is 346 g/mol. The first-order valence-corrected chi connectivity index (χ1v) is 9.05. The predicted molar refractivity (Wildman–Crippen MR) is 91.4 cm³/mol. The molecule has 2 aromatic heterocycles. The van der Waals surface area contributed by atoms with Gasteiger partial charge in [0.2, 0.25) is 0 Å². The zero-order valence-corrected chi connectivity index (χ0v) is 14.8. The lowest BCUT2D eigenvalue weighted by atomic mass is 10.1. The van der Waals surface area contributed by atoms with Gasteiger partial charge in [0, 0.05) is 39.9 Å². The molecule has 0 saturated heterocycles. The summed E-state index contributed by atoms with van der Waals surface area (Å²) < 4.78 is 0.998. The molecule has 1 aliphatic rings. The van der Waals surface area contributed by atoms with Crippen molar-refractivity contribution in [1.29, 1.82) is 0 Å². The summed E-state index contributed by atoms with van der Waals surface area (Å²) in [6, 6.07) is 2.82. The molecule has 1 fully saturated rings. The lowest BCUT2D eigenvalue weighted by Crippen LogP contribution is -2.15. The average Bonchev–Trinajstić information content (AvgIpc) is 3.18. The summed E-state index contributed by atoms with van der Waals surface area (Å²) in [5.74, 6) is 0.625. The van der Waals surface area contributed by atoms with Gasteiger partial charge in [-0.1, -0.05) is 13.8 Å². The minimum atomic E-state index is 0.625. The molecule has 1 saturated carbocycles. The maximum Gasteiger partial charge on any atom is 0.125 e. The van der Waals surface area contributed by atoms with Crippen LogP contribution in [0.5, 0.6) is 0 Å². The van der Waals surface area contributed by atoms with Crippen LogP contribution in [0.1, 0.15) is 37.3 Å². The van der Waals surface area contributed by atoms with E-state index in [1.165, 1.54) is 23.4 Å². The first-order valence-electron chi connectivity index (χ1n) is 7.44. The smallest absolute Gasteiger partial charge is 0.125 e. The second-order valence-corrected chi connectivity index (χ2v) is 8.03. The van der Waals surface area contributed by atoms with Gasteiger partial charge in [-0.15, -0.1) is 11.3 Å². The van der Waals surface area contributed by atoms with E-state index >= 15 is 0 Å². The van der Waals surface area contributed by atoms with Crippen LogP contribution in [-0.4, -0.2) is 16.0 Å². The topological polar surface area (TPSA) is 37.8 Å². The molecule has 2 aromatic rings. The van der Waals surface area contributed by atoms with Crippen molar-refractivity contribution in [2.24, 2.45) is 5.92 Å². The van der Waals surface area contributed by atoms with Crippen LogP contribution >= 0.6 is 27.3 Å². The molecule has 1 N–H and O–H groups in total. The summed E-state index contributed by atoms with van der Waals surface area (Å²) in [5.41, 5.74) is 2.34. The zero-order valence-electron chi connectivity index (χ0n) is 12.4. The number of pyridine rings is 1. The van der Waals surface area contributed by atoms with Gasteiger partial charge in [-0.2, -0.15) is 0 Å². The maximum absolute atomic E-state index is 4.88. The maximum atomic E-state index is 4.88. The SMILES string of the molecule is CC(C)Cc1nc(-c2cncc(Br)c2)sc1CNC1CC1. The predicted octanol–water partition coefficient (Wildman–Crippen LogP) is 4.42. The Labute approximate surface area is 138 Å². The van der Waals surface area contributed by atoms with Gasteiger partial charge in [-0.05, 0) is 47.2 Å². The summed E-state index contributed by atoms with van der Waals surface area (Å²) in [4.78, 5) is 10.5. The lowest BCUT2D eigenvalue weighted by Gasteiger charge is -2.05. The molecule has 0 atom stereocenters. The minimum absolute atomic E-state index is 0.625. The number of thiazole rings is 1. The van der Waals surface area contributed by atoms with Crippen LogP contribution in [0.25, 0.3) is 10.6 Å². The molecule has 0 unspecified atom stereocenters. The molecule has 3 nitrogen and oxygen atoms in total. The van der Waals surface area contributed by atoms with Crippen LogP contribution in [-0.2, 0) is 13.0 Å². The fraction of sp³-hybridized carbons (Fsp3) is 0.500. The minimum Gasteiger partial charge on any atom is -0.309 e. The van der Waals surface area contributed by atoms with Crippen LogP contribution < -0.4 is 5.32 Å². The zero-order chi connectivity index (χ0) is 14.8. The Morgan fingerprint density at radius 1 is 1.38 bits per heavy atom. The number of halogens is 1. The molecule has 112 valence electrons. The molecule has 0 aliphatic heterocycles. The van der Waals surface area contributed by atoms with Crippen molar-refractivity contribution in [3.63, 3.8) is 0 Å². The summed E-state index contributed by atoms with van der Waals surface area (Å²) in [6.07, 6.45) is 7.38. The highest BCUT2D eigenvalue weighted by Crippen LogP contribution is 2.31. The fourth-order valence-electron chi connectivity index (χ4n) is 2.24. The second kappa shape index (κ2) is 6.55. The van der Waals surface area contributed by atoms with Crippen LogP contribution in [0.3, 0.4) is 0 Å². The highest BCUT2D eigenvalue weighted by Gasteiger charge is 2.22. The standard InChI is InChI=1S/C16H20BrN3S/c1-10(2)5-14-15(9-19-13-3-4-13)21-16(20-14)11-6-12(17)8-18-7-11/h6-8,10,13,19H,3-5,9H2,1-2H3. The van der Waals surface area contributed by atoms with E-state index in [4.69, 9.17) is 4.98 Å². The van der Waals surface area contributed by atoms with Crippen molar-refractivity contribution >= 4 is 27.3 Å². The van der Waals surface area contributed by atoms with E-state index in [-0.39, 0.29) is 0 Å². The summed E-state index contributed by atoms with van der Waals surface area (Å²) >= 11 is 5.28. The van der Waals surface area contributed by atoms with E-state index in [1.54, 1.807) is 11.3 Å². The monoisotopic (exact) mass is 365 g/mol. The number of hydrogen-bond acceptors (Lipinski definition) is 4. The van der Waals surface area contributed by atoms with Gasteiger partial charge < -0.3 is 5.32 Å². The van der Waals surface area contributed by atoms with Gasteiger partial charge in [-0.25, -0.2) is 4.98 Å². The third kappa shape index (κ3) is 4.11. The molecule has 0 radical (unpaired) electrons. The highest BCUT2D eigenvalue weighted by molar-refractivity contribution is 9.10. The summed E-state index contributed by atoms with van der Waals surface area (Å²) in [7, 11) is 0. The van der Waals surface area contributed by atoms with E-state index < -0.39 is 0 Å². The largest absolute Gasteiger partial charge is 0.309 e. The number of nitrogens with one attached hydrogen (secondary N) is 1. The van der Waals surface area contributed by atoms with Crippen molar-refractivity contribution in [3.8, 4) is 10.6 Å². The van der Waals surface area contributed by atoms with E-state index in [0.717, 1.165) is 34.1 Å². The first kappa shape index (κ1) is 15.1. The average molecular weight is 366 g/mol. The third-order valence-corrected chi connectivity index (χ3v) is 5.04. The van der Waals surface area contributed by atoms with E-state index in [0.29, 0.717) is 5.92 Å². The van der Waals surface area contributed by atoms with Gasteiger partial charge in [0.05, 0.1) is 5.69 Å². The Balaban J connectivity index is 1.86. The third-order valence-electron chi connectivity index (χ3n) is 3.46. The molecule has 0 aromatic carbocycles. The van der Waals surface area contributed by atoms with Crippen molar-refractivity contribution in [2.45, 2.75) is 45.7 Å². The van der Waals surface area contributed by atoms with Crippen molar-refractivity contribution in [1.82, 2.24) is 15.3 Å². The van der Waals surface area contributed by atoms with Gasteiger partial charge in [-0.3, -0.25) is 4.98 Å². The molecule has 0 spiro atoms. The van der Waals surface area contributed by atoms with E-state index in [2.05, 4.69) is 46.1 Å². The number of rotatable bonds is 6. The molecule has 3 rings (SSSR count). The summed E-state index contributed by atoms with van der Waals surface area (Å²) in [5, 5.41) is 4.68. The number of hydrogen-bond donors (Lipinski definition) is 1. The first-order chi connectivity index (χ1) is 10.1. The Bertz CT molecular complexity index is 620. The molecule has 5 heteroatoms. The fourth-order valence-corrected chi connectivity index (χ4v) is 3.63. The molecular formula is C16H20BrN3S. The Morgan fingerprint density at radius 2 is 2.19 bits per heavy atom. The Kier molecular flexibility index (Phi) is 4.72. The quantitative estimate of drug-likeness (QED) is 0.823. The van der Waals surface area contributed by atoms with E-state index in [9.17, 15) is 0 Å². The molecule has 0 bridgehead atoms. The Hall–Kier alpha value is -0.780.